The number of nitrogens with zero attached hydrogens (tertiary/aromatic N) is 3. The quantitative estimate of drug-likeness (QED) is 0.706. The van der Waals surface area contributed by atoms with E-state index in [9.17, 15) is 4.79 Å². The molecule has 1 amide bonds. The molecular formula is C23H28ClN3O. The fourth-order valence-electron chi connectivity index (χ4n) is 4.81. The summed E-state index contributed by atoms with van der Waals surface area (Å²) in [5.74, 6) is 0.0855. The van der Waals surface area contributed by atoms with E-state index in [2.05, 4.69) is 40.2 Å². The fourth-order valence-corrected chi connectivity index (χ4v) is 4.99. The van der Waals surface area contributed by atoms with Gasteiger partial charge in [-0.2, -0.15) is 0 Å². The van der Waals surface area contributed by atoms with Crippen molar-refractivity contribution in [3.8, 4) is 0 Å². The Bertz CT molecular complexity index is 813. The molecule has 1 aromatic carbocycles. The van der Waals surface area contributed by atoms with Crippen molar-refractivity contribution in [2.75, 3.05) is 32.7 Å². The van der Waals surface area contributed by atoms with Gasteiger partial charge in [-0.3, -0.25) is 4.79 Å². The summed E-state index contributed by atoms with van der Waals surface area (Å²) in [6, 6.07) is 14.2. The number of aryl methyl sites for hydroxylation is 1. The summed E-state index contributed by atoms with van der Waals surface area (Å²) in [4.78, 5) is 21.5. The number of hydrogen-bond acceptors (Lipinski definition) is 3. The number of benzene rings is 1. The van der Waals surface area contributed by atoms with Crippen molar-refractivity contribution in [2.24, 2.45) is 5.41 Å². The van der Waals surface area contributed by atoms with Gasteiger partial charge in [0.05, 0.1) is 0 Å². The molecule has 148 valence electrons. The third kappa shape index (κ3) is 4.56. The lowest BCUT2D eigenvalue weighted by Gasteiger charge is -2.40. The summed E-state index contributed by atoms with van der Waals surface area (Å²) in [5.41, 5.74) is 2.33. The summed E-state index contributed by atoms with van der Waals surface area (Å²) >= 11 is 5.96. The number of carbonyl (C=O) groups excluding carboxylic acids is 1. The third-order valence-corrected chi connectivity index (χ3v) is 6.43. The minimum atomic E-state index is 0.0855. The molecule has 0 unspecified atom stereocenters. The number of amides is 1. The smallest absolute Gasteiger partial charge is 0.254 e. The van der Waals surface area contributed by atoms with Crippen LogP contribution in [0.4, 0.5) is 0 Å². The Morgan fingerprint density at radius 2 is 1.96 bits per heavy atom. The zero-order valence-corrected chi connectivity index (χ0v) is 17.1. The molecule has 5 heteroatoms. The molecule has 0 aliphatic carbocycles. The van der Waals surface area contributed by atoms with Crippen molar-refractivity contribution in [3.05, 3.63) is 64.9 Å². The maximum atomic E-state index is 12.9. The van der Waals surface area contributed by atoms with Gasteiger partial charge < -0.3 is 9.80 Å². The summed E-state index contributed by atoms with van der Waals surface area (Å²) < 4.78 is 0. The van der Waals surface area contributed by atoms with Crippen LogP contribution in [-0.2, 0) is 6.42 Å². The predicted octanol–water partition coefficient (Wildman–Crippen LogP) is 4.30. The van der Waals surface area contributed by atoms with Crippen molar-refractivity contribution in [1.29, 1.82) is 0 Å². The normalized spacial score (nSPS) is 22.7. The van der Waals surface area contributed by atoms with Crippen molar-refractivity contribution < 1.29 is 4.79 Å². The van der Waals surface area contributed by atoms with Crippen LogP contribution in [0.1, 0.15) is 41.6 Å². The van der Waals surface area contributed by atoms with Gasteiger partial charge in [0.1, 0.15) is 5.15 Å². The zero-order valence-electron chi connectivity index (χ0n) is 16.3. The first-order valence-electron chi connectivity index (χ1n) is 10.3. The molecule has 0 bridgehead atoms. The zero-order chi connectivity index (χ0) is 19.4. The van der Waals surface area contributed by atoms with Gasteiger partial charge in [0.25, 0.3) is 5.91 Å². The van der Waals surface area contributed by atoms with Crippen molar-refractivity contribution >= 4 is 17.5 Å². The number of carbonyl (C=O) groups is 1. The van der Waals surface area contributed by atoms with E-state index in [-0.39, 0.29) is 11.3 Å². The molecule has 4 nitrogen and oxygen atoms in total. The molecule has 2 aliphatic rings. The van der Waals surface area contributed by atoms with Gasteiger partial charge in [0, 0.05) is 36.8 Å². The minimum absolute atomic E-state index is 0.0855. The number of pyridine rings is 1. The van der Waals surface area contributed by atoms with Gasteiger partial charge in [-0.25, -0.2) is 4.98 Å². The average molecular weight is 398 g/mol. The second-order valence-corrected chi connectivity index (χ2v) is 8.70. The molecule has 0 N–H and O–H groups in total. The maximum absolute atomic E-state index is 12.9. The van der Waals surface area contributed by atoms with Crippen LogP contribution in [-0.4, -0.2) is 53.4 Å². The second-order valence-electron chi connectivity index (χ2n) is 8.31. The van der Waals surface area contributed by atoms with Crippen molar-refractivity contribution in [3.63, 3.8) is 0 Å². The molecule has 1 atom stereocenters. The lowest BCUT2D eigenvalue weighted by molar-refractivity contribution is 0.0688. The van der Waals surface area contributed by atoms with Gasteiger partial charge >= 0.3 is 0 Å². The second kappa shape index (κ2) is 8.62. The van der Waals surface area contributed by atoms with Gasteiger partial charge in [-0.05, 0) is 62.9 Å². The first kappa shape index (κ1) is 19.4. The number of rotatable bonds is 5. The van der Waals surface area contributed by atoms with Gasteiger partial charge in [0.15, 0.2) is 0 Å². The predicted molar refractivity (Wildman–Crippen MR) is 113 cm³/mol. The van der Waals surface area contributed by atoms with E-state index < -0.39 is 0 Å². The number of hydrogen-bond donors (Lipinski definition) is 0. The summed E-state index contributed by atoms with van der Waals surface area (Å²) in [7, 11) is 0. The summed E-state index contributed by atoms with van der Waals surface area (Å²) in [6.07, 6.45) is 7.50. The average Bonchev–Trinajstić information content (AvgIpc) is 3.11. The number of aromatic nitrogens is 1. The van der Waals surface area contributed by atoms with Crippen LogP contribution < -0.4 is 0 Å². The Kier molecular flexibility index (Phi) is 5.98. The topological polar surface area (TPSA) is 36.4 Å². The summed E-state index contributed by atoms with van der Waals surface area (Å²) in [5, 5.41) is 0.377. The molecule has 1 aromatic heterocycles. The Morgan fingerprint density at radius 1 is 1.11 bits per heavy atom. The first-order chi connectivity index (χ1) is 13.6. The number of halogens is 1. The number of likely N-dealkylation sites (tertiary alicyclic amines) is 2. The lowest BCUT2D eigenvalue weighted by Crippen LogP contribution is -2.45. The van der Waals surface area contributed by atoms with Crippen LogP contribution in [0.25, 0.3) is 0 Å². The van der Waals surface area contributed by atoms with Gasteiger partial charge in [-0.1, -0.05) is 41.9 Å². The highest BCUT2D eigenvalue weighted by atomic mass is 35.5. The van der Waals surface area contributed by atoms with Crippen LogP contribution in [0, 0.1) is 5.41 Å². The highest BCUT2D eigenvalue weighted by Gasteiger charge is 2.42. The van der Waals surface area contributed by atoms with E-state index in [1.165, 1.54) is 31.4 Å². The van der Waals surface area contributed by atoms with Gasteiger partial charge in [0.2, 0.25) is 0 Å². The molecule has 4 rings (SSSR count). The van der Waals surface area contributed by atoms with E-state index in [4.69, 9.17) is 11.6 Å². The molecule has 1 spiro atoms. The van der Waals surface area contributed by atoms with Crippen LogP contribution in [0.15, 0.2) is 48.7 Å². The van der Waals surface area contributed by atoms with Gasteiger partial charge in [-0.15, -0.1) is 0 Å². The molecule has 3 heterocycles. The van der Waals surface area contributed by atoms with E-state index in [1.807, 2.05) is 4.90 Å². The van der Waals surface area contributed by atoms with Crippen LogP contribution in [0.2, 0.25) is 5.15 Å². The highest BCUT2D eigenvalue weighted by Crippen LogP contribution is 2.39. The van der Waals surface area contributed by atoms with Crippen molar-refractivity contribution in [2.45, 2.75) is 32.1 Å². The third-order valence-electron chi connectivity index (χ3n) is 6.22. The Labute approximate surface area is 172 Å². The van der Waals surface area contributed by atoms with Crippen LogP contribution in [0.3, 0.4) is 0 Å². The molecule has 2 aliphatic heterocycles. The standard InChI is InChI=1S/C23H28ClN3O/c24-21-16-20(9-12-25-21)22(28)27-15-11-23(18-27)10-5-14-26(17-23)13-4-8-19-6-2-1-3-7-19/h1-3,6-7,9,12,16H,4-5,8,10-11,13-15,17-18H2/t23-/m1/s1. The molecule has 28 heavy (non-hydrogen) atoms. The molecule has 2 aromatic rings. The largest absolute Gasteiger partial charge is 0.338 e. The van der Waals surface area contributed by atoms with Crippen LogP contribution in [0.5, 0.6) is 0 Å². The molecular weight excluding hydrogens is 370 g/mol. The lowest BCUT2D eigenvalue weighted by atomic mass is 9.79. The maximum Gasteiger partial charge on any atom is 0.254 e. The van der Waals surface area contributed by atoms with Crippen LogP contribution >= 0.6 is 11.6 Å². The Hall–Kier alpha value is -1.91. The Balaban J connectivity index is 1.32. The number of piperidine rings is 1. The summed E-state index contributed by atoms with van der Waals surface area (Å²) in [6.45, 7) is 5.15. The van der Waals surface area contributed by atoms with E-state index in [0.29, 0.717) is 10.7 Å². The molecule has 0 radical (unpaired) electrons. The van der Waals surface area contributed by atoms with E-state index in [0.717, 1.165) is 39.0 Å². The minimum Gasteiger partial charge on any atom is -0.338 e. The van der Waals surface area contributed by atoms with E-state index >= 15 is 0 Å². The SMILES string of the molecule is O=C(c1ccnc(Cl)c1)N1CC[C@@]2(CCCN(CCCc3ccccc3)C2)C1. The first-order valence-corrected chi connectivity index (χ1v) is 10.7. The monoisotopic (exact) mass is 397 g/mol. The Morgan fingerprint density at radius 3 is 2.79 bits per heavy atom. The molecule has 2 fully saturated rings. The van der Waals surface area contributed by atoms with Crippen molar-refractivity contribution in [1.82, 2.24) is 14.8 Å². The van der Waals surface area contributed by atoms with E-state index in [1.54, 1.807) is 18.3 Å². The fraction of sp³-hybridized carbons (Fsp3) is 0.478. The molecule has 0 saturated carbocycles. The molecule has 2 saturated heterocycles. The highest BCUT2D eigenvalue weighted by molar-refractivity contribution is 6.29.